The lowest BCUT2D eigenvalue weighted by atomic mass is 9.87. The lowest BCUT2D eigenvalue weighted by molar-refractivity contribution is -0.121. The van der Waals surface area contributed by atoms with Gasteiger partial charge in [-0.05, 0) is 54.0 Å². The third-order valence-electron chi connectivity index (χ3n) is 3.97. The Labute approximate surface area is 138 Å². The van der Waals surface area contributed by atoms with Gasteiger partial charge in [-0.2, -0.15) is 0 Å². The summed E-state index contributed by atoms with van der Waals surface area (Å²) < 4.78 is 0. The molecule has 0 spiro atoms. The SMILES string of the molecule is Nc1ccc2c(c1)CCCC2NC(=O)CNC(=O)c1cccs1. The molecule has 23 heavy (non-hydrogen) atoms. The van der Waals surface area contributed by atoms with Gasteiger partial charge in [0, 0.05) is 5.69 Å². The summed E-state index contributed by atoms with van der Waals surface area (Å²) in [5.41, 5.74) is 8.90. The smallest absolute Gasteiger partial charge is 0.261 e. The lowest BCUT2D eigenvalue weighted by Gasteiger charge is -2.26. The van der Waals surface area contributed by atoms with E-state index in [1.807, 2.05) is 29.6 Å². The van der Waals surface area contributed by atoms with Crippen LogP contribution >= 0.6 is 11.3 Å². The van der Waals surface area contributed by atoms with Gasteiger partial charge in [-0.1, -0.05) is 12.1 Å². The fourth-order valence-electron chi connectivity index (χ4n) is 2.88. The topological polar surface area (TPSA) is 84.2 Å². The highest BCUT2D eigenvalue weighted by molar-refractivity contribution is 7.12. The highest BCUT2D eigenvalue weighted by atomic mass is 32.1. The molecule has 120 valence electrons. The summed E-state index contributed by atoms with van der Waals surface area (Å²) in [6.45, 7) is -0.0163. The fourth-order valence-corrected chi connectivity index (χ4v) is 3.53. The normalized spacial score (nSPS) is 16.4. The van der Waals surface area contributed by atoms with Crippen molar-refractivity contribution in [1.29, 1.82) is 0 Å². The number of hydrogen-bond acceptors (Lipinski definition) is 4. The Morgan fingerprint density at radius 3 is 2.96 bits per heavy atom. The standard InChI is InChI=1S/C17H19N3O2S/c18-12-6-7-13-11(9-12)3-1-4-14(13)20-16(21)10-19-17(22)15-5-2-8-23-15/h2,5-9,14H,1,3-4,10,18H2,(H,19,22)(H,20,21). The second kappa shape index (κ2) is 6.83. The molecule has 1 aromatic heterocycles. The van der Waals surface area contributed by atoms with Crippen molar-refractivity contribution in [2.45, 2.75) is 25.3 Å². The van der Waals surface area contributed by atoms with Crippen LogP contribution in [0.15, 0.2) is 35.7 Å². The molecule has 0 aliphatic heterocycles. The van der Waals surface area contributed by atoms with Gasteiger partial charge in [0.2, 0.25) is 5.91 Å². The maximum Gasteiger partial charge on any atom is 0.261 e. The molecule has 1 aromatic carbocycles. The second-order valence-electron chi connectivity index (χ2n) is 5.63. The Hall–Kier alpha value is -2.34. The van der Waals surface area contributed by atoms with Gasteiger partial charge in [-0.25, -0.2) is 0 Å². The molecule has 4 N–H and O–H groups in total. The third kappa shape index (κ3) is 3.71. The lowest BCUT2D eigenvalue weighted by Crippen LogP contribution is -2.39. The van der Waals surface area contributed by atoms with Gasteiger partial charge in [0.05, 0.1) is 17.5 Å². The highest BCUT2D eigenvalue weighted by Gasteiger charge is 2.22. The zero-order valence-electron chi connectivity index (χ0n) is 12.7. The summed E-state index contributed by atoms with van der Waals surface area (Å²) in [7, 11) is 0. The summed E-state index contributed by atoms with van der Waals surface area (Å²) in [6.07, 6.45) is 2.91. The second-order valence-corrected chi connectivity index (χ2v) is 6.58. The van der Waals surface area contributed by atoms with Crippen LogP contribution in [-0.4, -0.2) is 18.4 Å². The van der Waals surface area contributed by atoms with Crippen molar-refractivity contribution in [2.75, 3.05) is 12.3 Å². The number of anilines is 1. The van der Waals surface area contributed by atoms with Gasteiger partial charge in [0.25, 0.3) is 5.91 Å². The van der Waals surface area contributed by atoms with Crippen molar-refractivity contribution in [1.82, 2.24) is 10.6 Å². The summed E-state index contributed by atoms with van der Waals surface area (Å²) in [5.74, 6) is -0.392. The minimum Gasteiger partial charge on any atom is -0.399 e. The summed E-state index contributed by atoms with van der Waals surface area (Å²) in [4.78, 5) is 24.6. The molecule has 2 aromatic rings. The molecule has 1 aliphatic rings. The first kappa shape index (κ1) is 15.6. The molecule has 0 saturated carbocycles. The number of hydrogen-bond donors (Lipinski definition) is 3. The maximum absolute atomic E-state index is 12.1. The first-order chi connectivity index (χ1) is 11.1. The molecule has 1 heterocycles. The quantitative estimate of drug-likeness (QED) is 0.752. The number of aryl methyl sites for hydroxylation is 1. The predicted molar refractivity (Wildman–Crippen MR) is 91.3 cm³/mol. The van der Waals surface area contributed by atoms with Gasteiger partial charge in [0.15, 0.2) is 0 Å². The van der Waals surface area contributed by atoms with E-state index in [0.717, 1.165) is 30.5 Å². The van der Waals surface area contributed by atoms with Gasteiger partial charge < -0.3 is 16.4 Å². The molecule has 1 aliphatic carbocycles. The monoisotopic (exact) mass is 329 g/mol. The summed E-state index contributed by atoms with van der Waals surface area (Å²) >= 11 is 1.35. The Kier molecular flexibility index (Phi) is 4.62. The van der Waals surface area contributed by atoms with Crippen LogP contribution in [0.5, 0.6) is 0 Å². The molecule has 1 unspecified atom stereocenters. The van der Waals surface area contributed by atoms with E-state index >= 15 is 0 Å². The van der Waals surface area contributed by atoms with Crippen molar-refractivity contribution >= 4 is 28.8 Å². The van der Waals surface area contributed by atoms with E-state index in [4.69, 9.17) is 5.73 Å². The van der Waals surface area contributed by atoms with Crippen LogP contribution < -0.4 is 16.4 Å². The van der Waals surface area contributed by atoms with E-state index in [-0.39, 0.29) is 24.4 Å². The minimum atomic E-state index is -0.216. The molecule has 5 nitrogen and oxygen atoms in total. The van der Waals surface area contributed by atoms with E-state index in [0.29, 0.717) is 4.88 Å². The van der Waals surface area contributed by atoms with Gasteiger partial charge >= 0.3 is 0 Å². The molecular weight excluding hydrogens is 310 g/mol. The van der Waals surface area contributed by atoms with Crippen molar-refractivity contribution in [3.8, 4) is 0 Å². The van der Waals surface area contributed by atoms with Crippen molar-refractivity contribution in [3.05, 3.63) is 51.7 Å². The van der Waals surface area contributed by atoms with Crippen LogP contribution in [0.25, 0.3) is 0 Å². The average molecular weight is 329 g/mol. The molecule has 2 amide bonds. The Morgan fingerprint density at radius 2 is 2.17 bits per heavy atom. The van der Waals surface area contributed by atoms with E-state index in [1.54, 1.807) is 6.07 Å². The maximum atomic E-state index is 12.1. The van der Waals surface area contributed by atoms with Crippen molar-refractivity contribution in [3.63, 3.8) is 0 Å². The number of amides is 2. The minimum absolute atomic E-state index is 0.00881. The Bertz CT molecular complexity index is 713. The molecule has 3 rings (SSSR count). The number of nitrogens with two attached hydrogens (primary N) is 1. The Balaban J connectivity index is 1.58. The van der Waals surface area contributed by atoms with Crippen molar-refractivity contribution < 1.29 is 9.59 Å². The third-order valence-corrected chi connectivity index (χ3v) is 4.84. The molecule has 1 atom stereocenters. The Morgan fingerprint density at radius 1 is 1.30 bits per heavy atom. The molecule has 6 heteroatoms. The molecule has 0 bridgehead atoms. The molecule has 0 fully saturated rings. The van der Waals surface area contributed by atoms with Crippen LogP contribution in [0.2, 0.25) is 0 Å². The van der Waals surface area contributed by atoms with Crippen LogP contribution in [-0.2, 0) is 11.2 Å². The number of nitrogens with one attached hydrogen (secondary N) is 2. The molecule has 0 radical (unpaired) electrons. The van der Waals surface area contributed by atoms with Crippen molar-refractivity contribution in [2.24, 2.45) is 0 Å². The van der Waals surface area contributed by atoms with E-state index in [9.17, 15) is 9.59 Å². The number of nitrogen functional groups attached to an aromatic ring is 1. The summed E-state index contributed by atoms with van der Waals surface area (Å²) in [5, 5.41) is 7.48. The van der Waals surface area contributed by atoms with Crippen LogP contribution in [0.3, 0.4) is 0 Å². The molecule has 0 saturated heterocycles. The van der Waals surface area contributed by atoms with Gasteiger partial charge in [-0.15, -0.1) is 11.3 Å². The van der Waals surface area contributed by atoms with Gasteiger partial charge in [-0.3, -0.25) is 9.59 Å². The fraction of sp³-hybridized carbons (Fsp3) is 0.294. The zero-order chi connectivity index (χ0) is 16.2. The van der Waals surface area contributed by atoms with Crippen LogP contribution in [0.1, 0.15) is 39.7 Å². The number of carbonyl (C=O) groups is 2. The van der Waals surface area contributed by atoms with Gasteiger partial charge in [0.1, 0.15) is 0 Å². The first-order valence-electron chi connectivity index (χ1n) is 7.63. The number of carbonyl (C=O) groups excluding carboxylic acids is 2. The predicted octanol–water partition coefficient (Wildman–Crippen LogP) is 2.25. The van der Waals surface area contributed by atoms with E-state index in [1.165, 1.54) is 16.9 Å². The first-order valence-corrected chi connectivity index (χ1v) is 8.51. The summed E-state index contributed by atoms with van der Waals surface area (Å²) in [6, 6.07) is 9.36. The highest BCUT2D eigenvalue weighted by Crippen LogP contribution is 2.30. The average Bonchev–Trinajstić information content (AvgIpc) is 3.07. The van der Waals surface area contributed by atoms with Crippen LogP contribution in [0.4, 0.5) is 5.69 Å². The number of rotatable bonds is 4. The van der Waals surface area contributed by atoms with Crippen LogP contribution in [0, 0.1) is 0 Å². The number of thiophene rings is 1. The number of fused-ring (bicyclic) bond motifs is 1. The number of benzene rings is 1. The molecular formula is C17H19N3O2S. The largest absolute Gasteiger partial charge is 0.399 e. The van der Waals surface area contributed by atoms with E-state index in [2.05, 4.69) is 10.6 Å². The zero-order valence-corrected chi connectivity index (χ0v) is 13.5. The van der Waals surface area contributed by atoms with E-state index < -0.39 is 0 Å².